The van der Waals surface area contributed by atoms with Crippen LogP contribution < -0.4 is 20.1 Å². The number of rotatable bonds is 19. The number of ether oxygens (including phenoxy) is 8. The van der Waals surface area contributed by atoms with Crippen LogP contribution >= 0.6 is 0 Å². The van der Waals surface area contributed by atoms with Gasteiger partial charge in [-0.25, -0.2) is 19.6 Å². The van der Waals surface area contributed by atoms with Crippen molar-refractivity contribution in [3.63, 3.8) is 0 Å². The molecule has 7 rings (SSSR count). The molecule has 18 nitrogen and oxygen atoms in total. The van der Waals surface area contributed by atoms with E-state index in [0.29, 0.717) is 76.1 Å². The molecule has 2 aromatic rings. The summed E-state index contributed by atoms with van der Waals surface area (Å²) in [6, 6.07) is 0.962. The van der Waals surface area contributed by atoms with Crippen LogP contribution in [0.25, 0.3) is 0 Å². The molecule has 10 atom stereocenters. The van der Waals surface area contributed by atoms with Crippen LogP contribution in [0.4, 0.5) is 0 Å². The maximum Gasteiger partial charge on any atom is 0.329 e. The first kappa shape index (κ1) is 49.1. The zero-order chi connectivity index (χ0) is 46.7. The molecule has 2 aliphatic heterocycles. The van der Waals surface area contributed by atoms with Gasteiger partial charge in [0, 0.05) is 31.1 Å². The van der Waals surface area contributed by atoms with Gasteiger partial charge < -0.3 is 58.7 Å². The van der Waals surface area contributed by atoms with E-state index in [-0.39, 0.29) is 41.2 Å². The number of carbonyl (C=O) groups is 4. The third-order valence-corrected chi connectivity index (χ3v) is 13.6. The Morgan fingerprint density at radius 1 is 0.682 bits per heavy atom. The first-order valence-corrected chi connectivity index (χ1v) is 23.9. The molecule has 2 amide bonds. The van der Waals surface area contributed by atoms with Crippen molar-refractivity contribution in [3.8, 4) is 23.0 Å². The number of aromatic hydroxyl groups is 2. The van der Waals surface area contributed by atoms with Crippen LogP contribution in [0, 0.1) is 17.8 Å². The normalized spacial score (nSPS) is 29.7. The van der Waals surface area contributed by atoms with Crippen molar-refractivity contribution < 1.29 is 67.3 Å². The van der Waals surface area contributed by atoms with E-state index >= 15 is 0 Å². The monoisotopic (exact) mass is 924 g/mol. The first-order valence-electron chi connectivity index (χ1n) is 23.9. The van der Waals surface area contributed by atoms with Gasteiger partial charge in [0.1, 0.15) is 36.5 Å². The largest absolute Gasteiger partial charge is 0.503 e. The number of hydrogen-bond donors (Lipinski definition) is 4. The summed E-state index contributed by atoms with van der Waals surface area (Å²) >= 11 is 0. The highest BCUT2D eigenvalue weighted by molar-refractivity contribution is 5.98. The summed E-state index contributed by atoms with van der Waals surface area (Å²) in [5.41, 5.74) is -0.488. The fraction of sp³-hybridized carbons (Fsp3) is 0.708. The highest BCUT2D eigenvalue weighted by Gasteiger charge is 2.42. The lowest BCUT2D eigenvalue weighted by Crippen LogP contribution is -2.46. The molecule has 0 spiro atoms. The van der Waals surface area contributed by atoms with Gasteiger partial charge >= 0.3 is 11.9 Å². The Bertz CT molecular complexity index is 1960. The maximum atomic E-state index is 13.5. The summed E-state index contributed by atoms with van der Waals surface area (Å²) in [6.07, 6.45) is 12.0. The molecule has 5 fully saturated rings. The highest BCUT2D eigenvalue weighted by atomic mass is 16.6. The average Bonchev–Trinajstić information content (AvgIpc) is 4.22. The van der Waals surface area contributed by atoms with E-state index in [2.05, 4.69) is 20.6 Å². The quantitative estimate of drug-likeness (QED) is 0.103. The number of nitrogens with one attached hydrogen (secondary N) is 2. The molecule has 18 heteroatoms. The number of aromatic nitrogens is 2. The van der Waals surface area contributed by atoms with Crippen LogP contribution in [0.5, 0.6) is 23.0 Å². The maximum absolute atomic E-state index is 13.5. The summed E-state index contributed by atoms with van der Waals surface area (Å²) in [5.74, 6) is -1.91. The lowest BCUT2D eigenvalue weighted by Gasteiger charge is -2.33. The summed E-state index contributed by atoms with van der Waals surface area (Å²) in [5, 5.41) is 26.4. The van der Waals surface area contributed by atoms with Crippen molar-refractivity contribution in [2.45, 2.75) is 165 Å². The molecule has 66 heavy (non-hydrogen) atoms. The van der Waals surface area contributed by atoms with Gasteiger partial charge in [-0.05, 0) is 115 Å². The molecular formula is C48H68N4O14. The number of carbonyl (C=O) groups excluding carboxylic acids is 4. The van der Waals surface area contributed by atoms with Gasteiger partial charge in [-0.1, -0.05) is 12.8 Å². The van der Waals surface area contributed by atoms with Gasteiger partial charge in [0.15, 0.2) is 34.4 Å². The van der Waals surface area contributed by atoms with E-state index in [1.54, 1.807) is 6.92 Å². The summed E-state index contributed by atoms with van der Waals surface area (Å²) < 4.78 is 48.4. The molecule has 5 aliphatic rings. The number of amides is 2. The Morgan fingerprint density at radius 2 is 1.23 bits per heavy atom. The predicted molar refractivity (Wildman–Crippen MR) is 236 cm³/mol. The van der Waals surface area contributed by atoms with Gasteiger partial charge in [0.2, 0.25) is 0 Å². The number of esters is 2. The van der Waals surface area contributed by atoms with E-state index < -0.39 is 71.8 Å². The molecule has 4 N–H and O–H groups in total. The average molecular weight is 925 g/mol. The molecule has 364 valence electrons. The number of nitrogens with zero attached hydrogens (tertiary/aromatic N) is 2. The molecule has 0 aromatic carbocycles. The van der Waals surface area contributed by atoms with Crippen LogP contribution in [0.3, 0.4) is 0 Å². The van der Waals surface area contributed by atoms with E-state index in [4.69, 9.17) is 37.9 Å². The van der Waals surface area contributed by atoms with Crippen molar-refractivity contribution in [2.75, 3.05) is 34.0 Å². The highest BCUT2D eigenvalue weighted by Crippen LogP contribution is 2.43. The van der Waals surface area contributed by atoms with Gasteiger partial charge in [-0.3, -0.25) is 9.59 Å². The number of methoxy groups -OCH3 is 2. The lowest BCUT2D eigenvalue weighted by atomic mass is 10.0. The number of hydrogen-bond acceptors (Lipinski definition) is 16. The Morgan fingerprint density at radius 3 is 1.77 bits per heavy atom. The minimum atomic E-state index is -0.958. The van der Waals surface area contributed by atoms with E-state index in [1.165, 1.54) is 38.7 Å². The van der Waals surface area contributed by atoms with Crippen LogP contribution in [0.15, 0.2) is 24.5 Å². The molecule has 3 saturated carbocycles. The van der Waals surface area contributed by atoms with Crippen molar-refractivity contribution in [2.24, 2.45) is 17.8 Å². The molecule has 3 aliphatic carbocycles. The van der Waals surface area contributed by atoms with Gasteiger partial charge in [0.05, 0.1) is 45.7 Å². The third kappa shape index (κ3) is 13.0. The molecule has 4 heterocycles. The predicted octanol–water partition coefficient (Wildman–Crippen LogP) is 5.34. The fourth-order valence-electron chi connectivity index (χ4n) is 9.42. The Hall–Kier alpha value is -4.78. The molecule has 2 aromatic heterocycles. The van der Waals surface area contributed by atoms with Crippen molar-refractivity contribution >= 4 is 23.8 Å². The van der Waals surface area contributed by atoms with Gasteiger partial charge in [-0.15, -0.1) is 0 Å². The van der Waals surface area contributed by atoms with E-state index in [1.807, 2.05) is 6.92 Å². The SMILES string of the molecule is COc1ccnc(C(=O)NC2CCCC(OCC3CC3CCCOC3C(C)OC(=O)C(NC(=O)c4nccc(OC)c4O)CCCC3OC3CCCC3)C(OCC3CC3)C(C)OC2=O)c1O. The van der Waals surface area contributed by atoms with E-state index in [0.717, 1.165) is 57.8 Å². The second-order valence-corrected chi connectivity index (χ2v) is 18.5. The van der Waals surface area contributed by atoms with Crippen molar-refractivity contribution in [1.82, 2.24) is 20.6 Å². The van der Waals surface area contributed by atoms with Gasteiger partial charge in [0.25, 0.3) is 11.8 Å². The standard InChI is InChI=1S/C48H68N4O14/c1-27-43(63-25-29-17-18-29)37(15-7-13-33(47(57)64-27)51-45(55)39-41(53)35(59-3)19-21-49-39)62-26-31-24-30(31)10-9-23-61-44-28(2)65-48(58)34(14-8-16-38(44)66-32-11-5-6-12-32)52-46(56)40-42(54)36(60-4)20-22-50-40/h19-22,27-34,37-38,43-44,53-54H,5-18,23-26H2,1-4H3,(H,51,55)(H,52,56). The van der Waals surface area contributed by atoms with Gasteiger partial charge in [-0.2, -0.15) is 0 Å². The lowest BCUT2D eigenvalue weighted by molar-refractivity contribution is -0.172. The van der Waals surface area contributed by atoms with Crippen LogP contribution in [-0.4, -0.2) is 133 Å². The summed E-state index contributed by atoms with van der Waals surface area (Å²) in [6.45, 7) is 5.17. The molecule has 2 saturated heterocycles. The second kappa shape index (κ2) is 23.3. The zero-order valence-electron chi connectivity index (χ0n) is 38.7. The molecule has 0 bridgehead atoms. The van der Waals surface area contributed by atoms with Crippen molar-refractivity contribution in [3.05, 3.63) is 35.9 Å². The molecule has 10 unspecified atom stereocenters. The van der Waals surface area contributed by atoms with E-state index in [9.17, 15) is 29.4 Å². The smallest absolute Gasteiger partial charge is 0.329 e. The first-order chi connectivity index (χ1) is 31.9. The second-order valence-electron chi connectivity index (χ2n) is 18.5. The van der Waals surface area contributed by atoms with Crippen molar-refractivity contribution in [1.29, 1.82) is 0 Å². The molecule has 0 radical (unpaired) electrons. The minimum absolute atomic E-state index is 0.0957. The fourth-order valence-corrected chi connectivity index (χ4v) is 9.42. The topological polar surface area (TPSA) is 232 Å². The Balaban J connectivity index is 0.907. The Kier molecular flexibility index (Phi) is 17.3. The van der Waals surface area contributed by atoms with Crippen LogP contribution in [-0.2, 0) is 38.0 Å². The zero-order valence-corrected chi connectivity index (χ0v) is 38.7. The summed E-state index contributed by atoms with van der Waals surface area (Å²) in [7, 11) is 2.75. The third-order valence-electron chi connectivity index (χ3n) is 13.6. The van der Waals surface area contributed by atoms with Crippen LogP contribution in [0.2, 0.25) is 0 Å². The Labute approximate surface area is 386 Å². The van der Waals surface area contributed by atoms with Crippen LogP contribution in [0.1, 0.15) is 131 Å². The number of pyridine rings is 2. The summed E-state index contributed by atoms with van der Waals surface area (Å²) in [4.78, 5) is 61.3. The molecular weight excluding hydrogens is 857 g/mol. The minimum Gasteiger partial charge on any atom is -0.503 e. The number of cyclic esters (lactones) is 2.